The molecule has 2 aromatic carbocycles. The Morgan fingerprint density at radius 2 is 2.00 bits per heavy atom. The average Bonchev–Trinajstić information content (AvgIpc) is 3.69. The van der Waals surface area contributed by atoms with Crippen LogP contribution in [0.4, 0.5) is 20.3 Å². The molecule has 3 aliphatic heterocycles. The summed E-state index contributed by atoms with van der Waals surface area (Å²) < 4.78 is 34.6. The van der Waals surface area contributed by atoms with Gasteiger partial charge in [-0.2, -0.15) is 9.97 Å². The van der Waals surface area contributed by atoms with Crippen LogP contribution >= 0.6 is 11.6 Å². The Labute approximate surface area is 272 Å². The van der Waals surface area contributed by atoms with E-state index in [-0.39, 0.29) is 24.1 Å². The van der Waals surface area contributed by atoms with E-state index in [1.54, 1.807) is 6.07 Å². The minimum Gasteiger partial charge on any atom is -0.462 e. The molecule has 9 nitrogen and oxygen atoms in total. The van der Waals surface area contributed by atoms with Gasteiger partial charge in [-0.1, -0.05) is 36.4 Å². The summed E-state index contributed by atoms with van der Waals surface area (Å²) in [4.78, 5) is 34.0. The molecule has 12 heteroatoms. The van der Waals surface area contributed by atoms with E-state index in [1.165, 1.54) is 30.2 Å². The maximum absolute atomic E-state index is 14.6. The third-order valence-corrected chi connectivity index (χ3v) is 10.4. The van der Waals surface area contributed by atoms with Crippen molar-refractivity contribution >= 4 is 39.8 Å². The van der Waals surface area contributed by atoms with E-state index < -0.39 is 23.6 Å². The quantitative estimate of drug-likeness (QED) is 0.244. The van der Waals surface area contributed by atoms with E-state index in [2.05, 4.69) is 26.1 Å². The van der Waals surface area contributed by atoms with Crippen LogP contribution in [0.5, 0.6) is 6.01 Å². The van der Waals surface area contributed by atoms with Crippen molar-refractivity contribution < 1.29 is 18.3 Å². The summed E-state index contributed by atoms with van der Waals surface area (Å²) in [7, 11) is 0. The van der Waals surface area contributed by atoms with Gasteiger partial charge in [0.2, 0.25) is 6.54 Å². The van der Waals surface area contributed by atoms with Crippen molar-refractivity contribution in [1.82, 2.24) is 19.8 Å². The number of hydrogen-bond donors (Lipinski definition) is 0. The van der Waals surface area contributed by atoms with Gasteiger partial charge in [0.25, 0.3) is 5.91 Å². The zero-order chi connectivity index (χ0) is 31.9. The molecule has 3 aromatic rings. The van der Waals surface area contributed by atoms with E-state index in [1.807, 2.05) is 18.2 Å². The van der Waals surface area contributed by atoms with Crippen LogP contribution in [-0.2, 0) is 17.8 Å². The minimum atomic E-state index is -1.03. The van der Waals surface area contributed by atoms with E-state index in [0.29, 0.717) is 56.5 Å². The van der Waals surface area contributed by atoms with Crippen molar-refractivity contribution in [3.8, 4) is 6.01 Å². The number of hydrogen-bond acceptors (Lipinski definition) is 7. The normalized spacial score (nSPS) is 22.7. The van der Waals surface area contributed by atoms with Gasteiger partial charge in [0, 0.05) is 61.9 Å². The van der Waals surface area contributed by atoms with Gasteiger partial charge >= 0.3 is 6.01 Å². The molecule has 4 heterocycles. The third-order valence-electron chi connectivity index (χ3n) is 9.99. The molecule has 0 radical (unpaired) electrons. The summed E-state index contributed by atoms with van der Waals surface area (Å²) in [5, 5.41) is 1.61. The standard InChI is InChI=1S/C34H36ClF2N7O2/c1-21(36)33(45)44-13-12-43(19-25(44)17-38-2)32-26-10-11-42(29-5-3-4-23-7-9-27(37)31(35)30(23)29)20-28(26)39-34(40-32)46-15-14-41-18-22-6-8-24(41)16-22/h3-5,7,9,22,24-25H,1,6,8,10-20H2/t22?,24-,25+/m1/s1. The van der Waals surface area contributed by atoms with Gasteiger partial charge in [0.1, 0.15) is 24.3 Å². The van der Waals surface area contributed by atoms with Crippen LogP contribution in [0, 0.1) is 18.3 Å². The third kappa shape index (κ3) is 5.73. The summed E-state index contributed by atoms with van der Waals surface area (Å²) in [5.74, 6) is -0.768. The highest BCUT2D eigenvalue weighted by Crippen LogP contribution is 2.39. The fourth-order valence-electron chi connectivity index (χ4n) is 7.76. The molecule has 1 aliphatic carbocycles. The fraction of sp³-hybridized carbons (Fsp3) is 0.471. The Hall–Kier alpha value is -4.01. The van der Waals surface area contributed by atoms with Gasteiger partial charge < -0.3 is 24.3 Å². The molecule has 46 heavy (non-hydrogen) atoms. The zero-order valence-electron chi connectivity index (χ0n) is 25.6. The molecule has 0 N–H and O–H groups in total. The Balaban J connectivity index is 1.19. The van der Waals surface area contributed by atoms with Crippen molar-refractivity contribution in [3.63, 3.8) is 0 Å². The maximum atomic E-state index is 14.6. The lowest BCUT2D eigenvalue weighted by Gasteiger charge is -2.41. The first kappa shape index (κ1) is 30.6. The van der Waals surface area contributed by atoms with Crippen LogP contribution in [0.1, 0.15) is 30.5 Å². The number of amides is 1. The molecule has 2 bridgehead atoms. The number of carbonyl (C=O) groups excluding carboxylic acids is 1. The lowest BCUT2D eigenvalue weighted by Crippen LogP contribution is -2.57. The fourth-order valence-corrected chi connectivity index (χ4v) is 8.03. The highest BCUT2D eigenvalue weighted by molar-refractivity contribution is 6.36. The van der Waals surface area contributed by atoms with Crippen LogP contribution in [0.2, 0.25) is 5.02 Å². The van der Waals surface area contributed by atoms with Crippen molar-refractivity contribution in [3.05, 3.63) is 76.3 Å². The van der Waals surface area contributed by atoms with E-state index >= 15 is 0 Å². The number of piperidine rings is 1. The second kappa shape index (κ2) is 12.6. The van der Waals surface area contributed by atoms with Crippen molar-refractivity contribution in [2.45, 2.75) is 44.3 Å². The first-order valence-electron chi connectivity index (χ1n) is 15.9. The van der Waals surface area contributed by atoms with Gasteiger partial charge in [-0.05, 0) is 49.1 Å². The van der Waals surface area contributed by atoms with Gasteiger partial charge in [-0.15, -0.1) is 0 Å². The molecule has 2 saturated heterocycles. The number of piperazine rings is 1. The number of benzene rings is 2. The Morgan fingerprint density at radius 1 is 1.13 bits per heavy atom. The number of nitrogens with zero attached hydrogens (tertiary/aromatic N) is 7. The number of anilines is 2. The topological polar surface area (TPSA) is 69.4 Å². The summed E-state index contributed by atoms with van der Waals surface area (Å²) in [5.41, 5.74) is 2.60. The SMILES string of the molecule is [C-]#[N+]C[C@H]1CN(c2nc(OCCN3CC4CC[C@@H]3C4)nc3c2CCN(c2cccc4ccc(F)c(Cl)c24)C3)CCN1C(=O)C(=C)F. The van der Waals surface area contributed by atoms with Crippen molar-refractivity contribution in [2.75, 3.05) is 62.2 Å². The van der Waals surface area contributed by atoms with Crippen molar-refractivity contribution in [1.29, 1.82) is 0 Å². The Morgan fingerprint density at radius 3 is 2.76 bits per heavy atom. The highest BCUT2D eigenvalue weighted by atomic mass is 35.5. The summed E-state index contributed by atoms with van der Waals surface area (Å²) in [6.07, 6.45) is 4.45. The number of halogens is 3. The van der Waals surface area contributed by atoms with Crippen LogP contribution in [0.25, 0.3) is 15.6 Å². The second-order valence-electron chi connectivity index (χ2n) is 12.7. The summed E-state index contributed by atoms with van der Waals surface area (Å²) >= 11 is 6.49. The molecular formula is C34H36ClF2N7O2. The predicted octanol–water partition coefficient (Wildman–Crippen LogP) is 5.27. The number of fused-ring (bicyclic) bond motifs is 4. The molecule has 0 spiro atoms. The minimum absolute atomic E-state index is 0.0380. The molecule has 1 amide bonds. The molecule has 1 saturated carbocycles. The number of rotatable bonds is 8. The monoisotopic (exact) mass is 647 g/mol. The summed E-state index contributed by atoms with van der Waals surface area (Å²) in [6, 6.07) is 9.33. The van der Waals surface area contributed by atoms with E-state index in [4.69, 9.17) is 32.9 Å². The van der Waals surface area contributed by atoms with Gasteiger partial charge in [0.15, 0.2) is 5.83 Å². The number of likely N-dealkylation sites (tertiary alicyclic amines) is 1. The van der Waals surface area contributed by atoms with E-state index in [0.717, 1.165) is 41.3 Å². The Kier molecular flexibility index (Phi) is 8.42. The average molecular weight is 648 g/mol. The maximum Gasteiger partial charge on any atom is 0.318 e. The number of aromatic nitrogens is 2. The molecule has 3 atom stereocenters. The van der Waals surface area contributed by atoms with Gasteiger partial charge in [-0.3, -0.25) is 9.69 Å². The molecular weight excluding hydrogens is 612 g/mol. The van der Waals surface area contributed by atoms with E-state index in [9.17, 15) is 13.6 Å². The van der Waals surface area contributed by atoms with Gasteiger partial charge in [-0.25, -0.2) is 15.4 Å². The molecule has 1 aromatic heterocycles. The van der Waals surface area contributed by atoms with Gasteiger partial charge in [0.05, 0.1) is 17.3 Å². The lowest BCUT2D eigenvalue weighted by atomic mass is 10.0. The van der Waals surface area contributed by atoms with Crippen LogP contribution < -0.4 is 14.5 Å². The lowest BCUT2D eigenvalue weighted by molar-refractivity contribution is -0.131. The molecule has 7 rings (SSSR count). The number of ether oxygens (including phenoxy) is 1. The van der Waals surface area contributed by atoms with Crippen LogP contribution in [-0.4, -0.2) is 90.2 Å². The van der Waals surface area contributed by atoms with Crippen LogP contribution in [0.15, 0.2) is 42.7 Å². The highest BCUT2D eigenvalue weighted by Gasteiger charge is 2.38. The Bertz CT molecular complexity index is 1730. The van der Waals surface area contributed by atoms with Crippen LogP contribution in [0.3, 0.4) is 0 Å². The zero-order valence-corrected chi connectivity index (χ0v) is 26.4. The number of carbonyl (C=O) groups is 1. The first-order chi connectivity index (χ1) is 22.3. The molecule has 1 unspecified atom stereocenters. The second-order valence-corrected chi connectivity index (χ2v) is 13.1. The summed E-state index contributed by atoms with van der Waals surface area (Å²) in [6.45, 7) is 15.1. The molecule has 240 valence electrons. The largest absolute Gasteiger partial charge is 0.462 e. The predicted molar refractivity (Wildman–Crippen MR) is 173 cm³/mol. The first-order valence-corrected chi connectivity index (χ1v) is 16.3. The van der Waals surface area contributed by atoms with Crippen molar-refractivity contribution in [2.24, 2.45) is 5.92 Å². The smallest absolute Gasteiger partial charge is 0.318 e. The molecule has 3 fully saturated rings. The molecule has 4 aliphatic rings.